The Morgan fingerprint density at radius 3 is 2.70 bits per heavy atom. The Hall–Kier alpha value is -1.43. The summed E-state index contributed by atoms with van der Waals surface area (Å²) in [7, 11) is 0. The van der Waals surface area contributed by atoms with E-state index in [0.717, 1.165) is 41.2 Å². The number of aromatic amines is 2. The zero-order chi connectivity index (χ0) is 15.8. The Morgan fingerprint density at radius 2 is 2.00 bits per heavy atom. The Morgan fingerprint density at radius 1 is 1.26 bits per heavy atom. The van der Waals surface area contributed by atoms with Crippen molar-refractivity contribution < 1.29 is 0 Å². The van der Waals surface area contributed by atoms with Crippen molar-refractivity contribution in [2.24, 2.45) is 17.8 Å². The third-order valence-corrected chi connectivity index (χ3v) is 6.85. The van der Waals surface area contributed by atoms with Gasteiger partial charge in [-0.1, -0.05) is 19.1 Å². The maximum absolute atomic E-state index is 12.2. The van der Waals surface area contributed by atoms with E-state index in [9.17, 15) is 4.79 Å². The highest BCUT2D eigenvalue weighted by molar-refractivity contribution is 7.71. The van der Waals surface area contributed by atoms with Crippen LogP contribution in [0.2, 0.25) is 0 Å². The molecule has 2 unspecified atom stereocenters. The van der Waals surface area contributed by atoms with Crippen LogP contribution >= 0.6 is 12.2 Å². The summed E-state index contributed by atoms with van der Waals surface area (Å²) in [6.45, 7) is 2.75. The van der Waals surface area contributed by atoms with Gasteiger partial charge in [0.25, 0.3) is 0 Å². The van der Waals surface area contributed by atoms with E-state index in [2.05, 4.69) is 16.9 Å². The zero-order valence-corrected chi connectivity index (χ0v) is 14.2. The van der Waals surface area contributed by atoms with Crippen LogP contribution in [-0.2, 0) is 12.0 Å². The molecule has 0 radical (unpaired) electrons. The van der Waals surface area contributed by atoms with Gasteiger partial charge in [-0.25, -0.2) is 9.78 Å². The van der Waals surface area contributed by atoms with Gasteiger partial charge in [-0.3, -0.25) is 9.55 Å². The fourth-order valence-corrected chi connectivity index (χ4v) is 6.12. The van der Waals surface area contributed by atoms with Crippen LogP contribution in [0, 0.1) is 22.4 Å². The van der Waals surface area contributed by atoms with Crippen molar-refractivity contribution in [3.63, 3.8) is 0 Å². The SMILES string of the molecule is CCCn1c(=O)[nH]c(=S)c2[nH]c(C34CC5CC(CC3C5)C4)nc21. The quantitative estimate of drug-likeness (QED) is 0.849. The summed E-state index contributed by atoms with van der Waals surface area (Å²) in [6, 6.07) is 0. The molecule has 2 atom stereocenters. The number of H-pyrrole nitrogens is 2. The molecule has 6 rings (SSSR count). The van der Waals surface area contributed by atoms with Crippen molar-refractivity contribution in [2.45, 2.75) is 57.4 Å². The predicted octanol–water partition coefficient (Wildman–Crippen LogP) is 3.27. The zero-order valence-electron chi connectivity index (χ0n) is 13.4. The van der Waals surface area contributed by atoms with Gasteiger partial charge in [0.05, 0.1) is 0 Å². The Kier molecular flexibility index (Phi) is 2.77. The fraction of sp³-hybridized carbons (Fsp3) is 0.706. The largest absolute Gasteiger partial charge is 0.338 e. The van der Waals surface area contributed by atoms with Gasteiger partial charge in [0, 0.05) is 12.0 Å². The van der Waals surface area contributed by atoms with Gasteiger partial charge in [0.1, 0.15) is 16.0 Å². The van der Waals surface area contributed by atoms with Crippen molar-refractivity contribution in [3.8, 4) is 0 Å². The van der Waals surface area contributed by atoms with Gasteiger partial charge in [0.2, 0.25) is 0 Å². The first kappa shape index (κ1) is 14.0. The van der Waals surface area contributed by atoms with Gasteiger partial charge in [-0.15, -0.1) is 0 Å². The van der Waals surface area contributed by atoms with Crippen LogP contribution in [0.15, 0.2) is 4.79 Å². The van der Waals surface area contributed by atoms with Gasteiger partial charge in [0.15, 0.2) is 5.65 Å². The first-order chi connectivity index (χ1) is 11.1. The summed E-state index contributed by atoms with van der Waals surface area (Å²) in [5, 5.41) is 0. The van der Waals surface area contributed by atoms with Gasteiger partial charge >= 0.3 is 5.69 Å². The third-order valence-electron chi connectivity index (χ3n) is 6.54. The first-order valence-electron chi connectivity index (χ1n) is 8.84. The highest BCUT2D eigenvalue weighted by Crippen LogP contribution is 2.65. The summed E-state index contributed by atoms with van der Waals surface area (Å²) >= 11 is 5.38. The monoisotopic (exact) mass is 330 g/mol. The summed E-state index contributed by atoms with van der Waals surface area (Å²) < 4.78 is 2.23. The Balaban J connectivity index is 1.72. The van der Waals surface area contributed by atoms with Crippen molar-refractivity contribution >= 4 is 23.4 Å². The molecule has 2 aromatic rings. The molecule has 4 saturated carbocycles. The normalized spacial score (nSPS) is 34.7. The molecule has 4 fully saturated rings. The van der Waals surface area contributed by atoms with Crippen LogP contribution in [0.25, 0.3) is 11.2 Å². The van der Waals surface area contributed by atoms with E-state index in [1.54, 1.807) is 4.57 Å². The molecule has 4 bridgehead atoms. The van der Waals surface area contributed by atoms with Crippen LogP contribution in [0.5, 0.6) is 0 Å². The lowest BCUT2D eigenvalue weighted by atomic mass is 9.75. The minimum Gasteiger partial charge on any atom is -0.338 e. The van der Waals surface area contributed by atoms with E-state index in [1.165, 1.54) is 32.1 Å². The van der Waals surface area contributed by atoms with Crippen molar-refractivity contribution in [1.29, 1.82) is 0 Å². The van der Waals surface area contributed by atoms with Gasteiger partial charge in [-0.05, 0) is 56.3 Å². The number of aryl methyl sites for hydroxylation is 1. The summed E-state index contributed by atoms with van der Waals surface area (Å²) in [6.07, 6.45) is 7.58. The molecule has 2 aromatic heterocycles. The molecule has 0 aromatic carbocycles. The lowest BCUT2D eigenvalue weighted by Crippen LogP contribution is -2.29. The molecule has 4 aliphatic carbocycles. The molecule has 23 heavy (non-hydrogen) atoms. The number of hydrogen-bond donors (Lipinski definition) is 2. The van der Waals surface area contributed by atoms with Crippen LogP contribution in [0.3, 0.4) is 0 Å². The van der Waals surface area contributed by atoms with Crippen LogP contribution in [0.1, 0.15) is 51.3 Å². The van der Waals surface area contributed by atoms with E-state index < -0.39 is 0 Å². The molecule has 0 spiro atoms. The van der Waals surface area contributed by atoms with E-state index >= 15 is 0 Å². The van der Waals surface area contributed by atoms with E-state index in [1.807, 2.05) is 0 Å². The van der Waals surface area contributed by atoms with E-state index in [0.29, 0.717) is 11.2 Å². The molecular formula is C17H22N4OS. The van der Waals surface area contributed by atoms with Crippen LogP contribution in [0.4, 0.5) is 0 Å². The average molecular weight is 330 g/mol. The number of aromatic nitrogens is 4. The smallest absolute Gasteiger partial charge is 0.328 e. The van der Waals surface area contributed by atoms with Gasteiger partial charge in [-0.2, -0.15) is 0 Å². The third kappa shape index (κ3) is 1.76. The molecule has 0 aliphatic heterocycles. The number of nitrogens with one attached hydrogen (secondary N) is 2. The van der Waals surface area contributed by atoms with Crippen LogP contribution in [-0.4, -0.2) is 19.5 Å². The average Bonchev–Trinajstić information content (AvgIpc) is 3.12. The molecule has 0 amide bonds. The highest BCUT2D eigenvalue weighted by atomic mass is 32.1. The topological polar surface area (TPSA) is 66.5 Å². The van der Waals surface area contributed by atoms with E-state index in [-0.39, 0.29) is 11.1 Å². The number of hydrogen-bond acceptors (Lipinski definition) is 3. The molecule has 6 heteroatoms. The fourth-order valence-electron chi connectivity index (χ4n) is 5.89. The second-order valence-electron chi connectivity index (χ2n) is 7.90. The Bertz CT molecular complexity index is 893. The lowest BCUT2D eigenvalue weighted by molar-refractivity contribution is 0.262. The number of fused-ring (bicyclic) bond motifs is 1. The maximum Gasteiger partial charge on any atom is 0.328 e. The maximum atomic E-state index is 12.2. The van der Waals surface area contributed by atoms with Crippen molar-refractivity contribution in [1.82, 2.24) is 19.5 Å². The summed E-state index contributed by atoms with van der Waals surface area (Å²) in [5.74, 6) is 3.63. The van der Waals surface area contributed by atoms with Crippen molar-refractivity contribution in [3.05, 3.63) is 20.9 Å². The molecule has 122 valence electrons. The lowest BCUT2D eigenvalue weighted by Gasteiger charge is -2.30. The second-order valence-corrected chi connectivity index (χ2v) is 8.30. The number of rotatable bonds is 3. The second kappa shape index (κ2) is 4.56. The molecular weight excluding hydrogens is 308 g/mol. The number of imidazole rings is 1. The predicted molar refractivity (Wildman–Crippen MR) is 91.1 cm³/mol. The van der Waals surface area contributed by atoms with Gasteiger partial charge < -0.3 is 4.98 Å². The standard InChI is InChI=1S/C17H22N4OS/c1-2-3-21-13-12(14(23)20-16(21)22)18-15(19-13)17-7-9-4-10(8-17)6-11(17)5-9/h9-11H,2-8H2,1H3,(H,18,19)(H,20,22,23). The molecule has 4 aliphatic rings. The molecule has 0 saturated heterocycles. The summed E-state index contributed by atoms with van der Waals surface area (Å²) in [5.41, 5.74) is 1.67. The van der Waals surface area contributed by atoms with Crippen molar-refractivity contribution in [2.75, 3.05) is 0 Å². The minimum atomic E-state index is -0.142. The number of nitrogens with zero attached hydrogens (tertiary/aromatic N) is 2. The first-order valence-corrected chi connectivity index (χ1v) is 9.25. The molecule has 2 N–H and O–H groups in total. The van der Waals surface area contributed by atoms with Crippen LogP contribution < -0.4 is 5.69 Å². The Labute approximate surface area is 139 Å². The minimum absolute atomic E-state index is 0.142. The summed E-state index contributed by atoms with van der Waals surface area (Å²) in [4.78, 5) is 23.5. The van der Waals surface area contributed by atoms with E-state index in [4.69, 9.17) is 17.2 Å². The molecule has 2 heterocycles. The highest BCUT2D eigenvalue weighted by Gasteiger charge is 2.59. The molecule has 5 nitrogen and oxygen atoms in total.